The van der Waals surface area contributed by atoms with Crippen LogP contribution in [-0.2, 0) is 16.6 Å². The maximum Gasteiger partial charge on any atom is 0.229 e. The van der Waals surface area contributed by atoms with Crippen LogP contribution in [0.5, 0.6) is 5.75 Å². The number of aryl methyl sites for hydroxylation is 2. The average molecular weight is 334 g/mol. The van der Waals surface area contributed by atoms with Gasteiger partial charge in [0, 0.05) is 12.2 Å². The molecule has 6 heteroatoms. The van der Waals surface area contributed by atoms with Crippen molar-refractivity contribution in [3.63, 3.8) is 0 Å². The van der Waals surface area contributed by atoms with Gasteiger partial charge >= 0.3 is 0 Å². The zero-order valence-electron chi connectivity index (χ0n) is 13.8. The number of sulfonamides is 1. The summed E-state index contributed by atoms with van der Waals surface area (Å²) in [5.41, 5.74) is 4.48. The van der Waals surface area contributed by atoms with Crippen molar-refractivity contribution in [3.8, 4) is 5.75 Å². The molecule has 2 N–H and O–H groups in total. The molecule has 0 saturated heterocycles. The summed E-state index contributed by atoms with van der Waals surface area (Å²) < 4.78 is 30.6. The molecule has 0 fully saturated rings. The van der Waals surface area contributed by atoms with Crippen LogP contribution in [0, 0.1) is 13.8 Å². The van der Waals surface area contributed by atoms with E-state index in [0.29, 0.717) is 12.2 Å². The number of hydrogen-bond acceptors (Lipinski definition) is 4. The molecule has 23 heavy (non-hydrogen) atoms. The van der Waals surface area contributed by atoms with Crippen LogP contribution in [-0.4, -0.2) is 21.8 Å². The first-order chi connectivity index (χ1) is 10.8. The SMILES string of the molecule is COc1cc(CNc2ccc(C)c(NS(C)(=O)=O)c2)ccc1C. The Morgan fingerprint density at radius 2 is 1.74 bits per heavy atom. The minimum Gasteiger partial charge on any atom is -0.496 e. The molecule has 2 rings (SSSR count). The van der Waals surface area contributed by atoms with E-state index in [1.807, 2.05) is 44.2 Å². The number of nitrogens with one attached hydrogen (secondary N) is 2. The molecule has 0 radical (unpaired) electrons. The number of methoxy groups -OCH3 is 1. The number of ether oxygens (including phenoxy) is 1. The van der Waals surface area contributed by atoms with Gasteiger partial charge in [0.15, 0.2) is 0 Å². The topological polar surface area (TPSA) is 67.4 Å². The third-order valence-corrected chi connectivity index (χ3v) is 4.09. The lowest BCUT2D eigenvalue weighted by atomic mass is 10.1. The van der Waals surface area contributed by atoms with Gasteiger partial charge in [0.1, 0.15) is 5.75 Å². The second-order valence-electron chi connectivity index (χ2n) is 5.56. The minimum atomic E-state index is -3.29. The van der Waals surface area contributed by atoms with Crippen LogP contribution >= 0.6 is 0 Å². The van der Waals surface area contributed by atoms with Gasteiger partial charge in [-0.2, -0.15) is 0 Å². The molecule has 0 heterocycles. The van der Waals surface area contributed by atoms with E-state index >= 15 is 0 Å². The molecule has 0 bridgehead atoms. The number of benzene rings is 2. The number of anilines is 2. The molecular formula is C17H22N2O3S. The van der Waals surface area contributed by atoms with Gasteiger partial charge in [0.25, 0.3) is 0 Å². The van der Waals surface area contributed by atoms with Gasteiger partial charge in [-0.1, -0.05) is 18.2 Å². The van der Waals surface area contributed by atoms with Gasteiger partial charge < -0.3 is 10.1 Å². The summed E-state index contributed by atoms with van der Waals surface area (Å²) in [6, 6.07) is 11.6. The molecule has 0 aliphatic carbocycles. The van der Waals surface area contributed by atoms with Crippen LogP contribution in [0.25, 0.3) is 0 Å². The first-order valence-electron chi connectivity index (χ1n) is 7.24. The van der Waals surface area contributed by atoms with Gasteiger partial charge in [-0.25, -0.2) is 8.42 Å². The summed E-state index contributed by atoms with van der Waals surface area (Å²) in [6.45, 7) is 4.49. The van der Waals surface area contributed by atoms with Gasteiger partial charge in [0.05, 0.1) is 19.1 Å². The van der Waals surface area contributed by atoms with Crippen LogP contribution < -0.4 is 14.8 Å². The van der Waals surface area contributed by atoms with E-state index in [1.165, 1.54) is 0 Å². The summed E-state index contributed by atoms with van der Waals surface area (Å²) in [5, 5.41) is 3.29. The highest BCUT2D eigenvalue weighted by molar-refractivity contribution is 7.92. The molecule has 0 unspecified atom stereocenters. The Hall–Kier alpha value is -2.21. The van der Waals surface area contributed by atoms with Crippen LogP contribution in [0.1, 0.15) is 16.7 Å². The van der Waals surface area contributed by atoms with Gasteiger partial charge in [0.2, 0.25) is 10.0 Å². The standard InChI is InChI=1S/C17H22N2O3S/c1-12-6-8-15(10-16(12)19-23(4,20)21)18-11-14-7-5-13(2)17(9-14)22-3/h5-10,18-19H,11H2,1-4H3. The fourth-order valence-electron chi connectivity index (χ4n) is 2.22. The zero-order valence-corrected chi connectivity index (χ0v) is 14.6. The monoisotopic (exact) mass is 334 g/mol. The van der Waals surface area contributed by atoms with Crippen molar-refractivity contribution in [2.75, 3.05) is 23.4 Å². The van der Waals surface area contributed by atoms with Gasteiger partial charge in [-0.05, 0) is 48.7 Å². The maximum atomic E-state index is 11.4. The quantitative estimate of drug-likeness (QED) is 0.850. The first-order valence-corrected chi connectivity index (χ1v) is 9.13. The van der Waals surface area contributed by atoms with Gasteiger partial charge in [-0.3, -0.25) is 4.72 Å². The molecule has 5 nitrogen and oxygen atoms in total. The molecule has 0 amide bonds. The Morgan fingerprint density at radius 3 is 2.39 bits per heavy atom. The summed E-state index contributed by atoms with van der Waals surface area (Å²) >= 11 is 0. The average Bonchev–Trinajstić information content (AvgIpc) is 2.48. The third kappa shape index (κ3) is 4.89. The molecule has 0 aliphatic heterocycles. The Morgan fingerprint density at radius 1 is 1.04 bits per heavy atom. The van der Waals surface area contributed by atoms with E-state index in [1.54, 1.807) is 13.2 Å². The smallest absolute Gasteiger partial charge is 0.229 e. The molecule has 0 aromatic heterocycles. The highest BCUT2D eigenvalue weighted by atomic mass is 32.2. The van der Waals surface area contributed by atoms with E-state index in [4.69, 9.17) is 4.74 Å². The minimum absolute atomic E-state index is 0.582. The van der Waals surface area contributed by atoms with E-state index in [9.17, 15) is 8.42 Å². The molecule has 0 atom stereocenters. The molecule has 0 spiro atoms. The fourth-order valence-corrected chi connectivity index (χ4v) is 2.84. The number of hydrogen-bond donors (Lipinski definition) is 2. The maximum absolute atomic E-state index is 11.4. The second kappa shape index (κ2) is 6.91. The number of rotatable bonds is 6. The highest BCUT2D eigenvalue weighted by Gasteiger charge is 2.06. The van der Waals surface area contributed by atoms with E-state index < -0.39 is 10.0 Å². The zero-order chi connectivity index (χ0) is 17.0. The Balaban J connectivity index is 2.13. The predicted octanol–water partition coefficient (Wildman–Crippen LogP) is 3.30. The highest BCUT2D eigenvalue weighted by Crippen LogP contribution is 2.23. The van der Waals surface area contributed by atoms with Crippen molar-refractivity contribution in [1.29, 1.82) is 0 Å². The van der Waals surface area contributed by atoms with Crippen LogP contribution in [0.4, 0.5) is 11.4 Å². The largest absolute Gasteiger partial charge is 0.496 e. The molecule has 124 valence electrons. The summed E-state index contributed by atoms with van der Waals surface area (Å²) in [6.07, 6.45) is 1.14. The Kier molecular flexibility index (Phi) is 5.15. The van der Waals surface area contributed by atoms with Crippen molar-refractivity contribution >= 4 is 21.4 Å². The lowest BCUT2D eigenvalue weighted by Gasteiger charge is -2.13. The lowest BCUT2D eigenvalue weighted by molar-refractivity contribution is 0.411. The first kappa shape index (κ1) is 17.1. The van der Waals surface area contributed by atoms with Crippen molar-refractivity contribution in [2.24, 2.45) is 0 Å². The van der Waals surface area contributed by atoms with E-state index in [0.717, 1.165) is 34.4 Å². The lowest BCUT2D eigenvalue weighted by Crippen LogP contribution is -2.11. The Bertz CT molecular complexity index is 801. The predicted molar refractivity (Wildman–Crippen MR) is 94.7 cm³/mol. The molecule has 0 saturated carbocycles. The van der Waals surface area contributed by atoms with Crippen LogP contribution in [0.15, 0.2) is 36.4 Å². The van der Waals surface area contributed by atoms with Crippen molar-refractivity contribution in [2.45, 2.75) is 20.4 Å². The molecular weight excluding hydrogens is 312 g/mol. The van der Waals surface area contributed by atoms with Crippen LogP contribution in [0.3, 0.4) is 0 Å². The Labute approximate surface area is 137 Å². The van der Waals surface area contributed by atoms with E-state index in [2.05, 4.69) is 10.0 Å². The molecule has 2 aromatic carbocycles. The van der Waals surface area contributed by atoms with Gasteiger partial charge in [-0.15, -0.1) is 0 Å². The van der Waals surface area contributed by atoms with Crippen molar-refractivity contribution < 1.29 is 13.2 Å². The van der Waals surface area contributed by atoms with E-state index in [-0.39, 0.29) is 0 Å². The van der Waals surface area contributed by atoms with Crippen molar-refractivity contribution in [1.82, 2.24) is 0 Å². The molecule has 2 aromatic rings. The summed E-state index contributed by atoms with van der Waals surface area (Å²) in [5.74, 6) is 0.854. The molecule has 0 aliphatic rings. The normalized spacial score (nSPS) is 11.1. The van der Waals surface area contributed by atoms with Crippen molar-refractivity contribution in [3.05, 3.63) is 53.1 Å². The van der Waals surface area contributed by atoms with Crippen LogP contribution in [0.2, 0.25) is 0 Å². The summed E-state index contributed by atoms with van der Waals surface area (Å²) in [7, 11) is -1.64. The fraction of sp³-hybridized carbons (Fsp3) is 0.294. The summed E-state index contributed by atoms with van der Waals surface area (Å²) in [4.78, 5) is 0. The third-order valence-electron chi connectivity index (χ3n) is 3.50. The second-order valence-corrected chi connectivity index (χ2v) is 7.31.